The summed E-state index contributed by atoms with van der Waals surface area (Å²) in [6, 6.07) is 10.7. The molecule has 1 aromatic rings. The molecule has 0 aliphatic heterocycles. The van der Waals surface area contributed by atoms with Crippen LogP contribution in [0.5, 0.6) is 0 Å². The zero-order valence-corrected chi connectivity index (χ0v) is 6.43. The molecule has 1 aromatic carbocycles. The van der Waals surface area contributed by atoms with Crippen LogP contribution < -0.4 is 0 Å². The fourth-order valence-electron chi connectivity index (χ4n) is 0.584. The largest absolute Gasteiger partial charge is 0.0595 e. The van der Waals surface area contributed by atoms with Crippen molar-refractivity contribution in [2.24, 2.45) is 0 Å². The van der Waals surface area contributed by atoms with Gasteiger partial charge in [0.05, 0.1) is 0 Å². The Bertz CT molecular complexity index is 189. The molecule has 1 rings (SSSR count). The first kappa shape index (κ1) is 6.56. The first-order valence-electron chi connectivity index (χ1n) is 2.66. The second-order valence-corrected chi connectivity index (χ2v) is 2.15. The van der Waals surface area contributed by atoms with Gasteiger partial charge in [-0.3, -0.25) is 0 Å². The molecule has 45 valence electrons. The van der Waals surface area contributed by atoms with Crippen LogP contribution in [-0.2, 0) is 0 Å². The van der Waals surface area contributed by atoms with Crippen molar-refractivity contribution in [2.75, 3.05) is 0 Å². The monoisotopic (exact) mass is 181 g/mol. The third-order valence-electron chi connectivity index (χ3n) is 0.999. The fraction of sp³-hybridized carbons (Fsp3) is 0. The van der Waals surface area contributed by atoms with E-state index in [2.05, 4.69) is 22.0 Å². The van der Waals surface area contributed by atoms with Gasteiger partial charge >= 0.3 is 0 Å². The quantitative estimate of drug-likeness (QED) is 0.626. The Balaban J connectivity index is 2.85. The van der Waals surface area contributed by atoms with E-state index in [0.29, 0.717) is 0 Å². The van der Waals surface area contributed by atoms with E-state index in [1.165, 1.54) is 5.56 Å². The Hall–Kier alpha value is -0.560. The van der Waals surface area contributed by atoms with E-state index in [4.69, 9.17) is 0 Å². The van der Waals surface area contributed by atoms with Gasteiger partial charge in [0.1, 0.15) is 0 Å². The third kappa shape index (κ3) is 2.02. The van der Waals surface area contributed by atoms with E-state index in [1.807, 2.05) is 35.3 Å². The summed E-state index contributed by atoms with van der Waals surface area (Å²) in [5.41, 5.74) is 1.19. The van der Waals surface area contributed by atoms with Gasteiger partial charge in [0, 0.05) is 0 Å². The van der Waals surface area contributed by atoms with Crippen LogP contribution in [0.25, 0.3) is 6.08 Å². The van der Waals surface area contributed by atoms with Gasteiger partial charge in [-0.1, -0.05) is 40.2 Å². The van der Waals surface area contributed by atoms with Gasteiger partial charge in [-0.2, -0.15) is 0 Å². The zero-order chi connectivity index (χ0) is 6.53. The smallest absolute Gasteiger partial charge is 0.0183 e. The Morgan fingerprint density at radius 2 is 2.00 bits per heavy atom. The minimum atomic E-state index is 1.19. The van der Waals surface area contributed by atoms with Gasteiger partial charge in [0.15, 0.2) is 0 Å². The van der Waals surface area contributed by atoms with Crippen molar-refractivity contribution in [3.8, 4) is 0 Å². The molecule has 0 saturated carbocycles. The maximum atomic E-state index is 3.20. The summed E-state index contributed by atoms with van der Waals surface area (Å²) < 4.78 is 0. The summed E-state index contributed by atoms with van der Waals surface area (Å²) in [4.78, 5) is 1.84. The SMILES string of the molecule is Br/C=C/c1cc[c]cc1. The molecule has 0 bridgehead atoms. The molecular formula is C8H6Br. The Labute approximate surface area is 63.3 Å². The van der Waals surface area contributed by atoms with Gasteiger partial charge in [-0.15, -0.1) is 0 Å². The number of rotatable bonds is 1. The van der Waals surface area contributed by atoms with Crippen LogP contribution >= 0.6 is 15.9 Å². The number of hydrogen-bond donors (Lipinski definition) is 0. The summed E-state index contributed by atoms with van der Waals surface area (Å²) in [5, 5.41) is 0. The normalized spacial score (nSPS) is 10.3. The lowest BCUT2D eigenvalue weighted by Crippen LogP contribution is -1.65. The molecule has 0 unspecified atom stereocenters. The summed E-state index contributed by atoms with van der Waals surface area (Å²) in [6.07, 6.45) is 1.98. The van der Waals surface area contributed by atoms with Gasteiger partial charge in [0.2, 0.25) is 0 Å². The second-order valence-electron chi connectivity index (χ2n) is 1.63. The van der Waals surface area contributed by atoms with E-state index in [1.54, 1.807) is 0 Å². The van der Waals surface area contributed by atoms with Crippen LogP contribution in [-0.4, -0.2) is 0 Å². The molecule has 0 heterocycles. The molecule has 0 aliphatic rings. The molecule has 0 spiro atoms. The Kier molecular flexibility index (Phi) is 2.52. The fourth-order valence-corrected chi connectivity index (χ4v) is 0.889. The van der Waals surface area contributed by atoms with Crippen LogP contribution in [0.15, 0.2) is 29.3 Å². The van der Waals surface area contributed by atoms with Gasteiger partial charge in [-0.25, -0.2) is 0 Å². The van der Waals surface area contributed by atoms with Crippen LogP contribution in [0.2, 0.25) is 0 Å². The molecular weight excluding hydrogens is 176 g/mol. The van der Waals surface area contributed by atoms with E-state index in [9.17, 15) is 0 Å². The van der Waals surface area contributed by atoms with Crippen LogP contribution in [0.1, 0.15) is 5.56 Å². The number of halogens is 1. The summed E-state index contributed by atoms with van der Waals surface area (Å²) in [5.74, 6) is 0. The molecule has 0 N–H and O–H groups in total. The molecule has 0 saturated heterocycles. The topological polar surface area (TPSA) is 0 Å². The average molecular weight is 182 g/mol. The van der Waals surface area contributed by atoms with E-state index < -0.39 is 0 Å². The number of hydrogen-bond acceptors (Lipinski definition) is 0. The molecule has 9 heavy (non-hydrogen) atoms. The van der Waals surface area contributed by atoms with Crippen molar-refractivity contribution in [3.63, 3.8) is 0 Å². The Morgan fingerprint density at radius 1 is 1.33 bits per heavy atom. The number of benzene rings is 1. The molecule has 0 fully saturated rings. The Morgan fingerprint density at radius 3 is 2.56 bits per heavy atom. The molecule has 0 aliphatic carbocycles. The van der Waals surface area contributed by atoms with Crippen molar-refractivity contribution >= 4 is 22.0 Å². The summed E-state index contributed by atoms with van der Waals surface area (Å²) in [7, 11) is 0. The first-order valence-corrected chi connectivity index (χ1v) is 3.58. The van der Waals surface area contributed by atoms with Crippen LogP contribution in [0.4, 0.5) is 0 Å². The predicted molar refractivity (Wildman–Crippen MR) is 43.2 cm³/mol. The molecule has 0 aromatic heterocycles. The minimum absolute atomic E-state index is 1.19. The lowest BCUT2D eigenvalue weighted by atomic mass is 10.2. The maximum Gasteiger partial charge on any atom is -0.0183 e. The van der Waals surface area contributed by atoms with Crippen LogP contribution in [0.3, 0.4) is 0 Å². The minimum Gasteiger partial charge on any atom is -0.0595 e. The lowest BCUT2D eigenvalue weighted by molar-refractivity contribution is 1.65. The lowest BCUT2D eigenvalue weighted by Gasteiger charge is -1.86. The van der Waals surface area contributed by atoms with Crippen molar-refractivity contribution in [1.29, 1.82) is 0 Å². The predicted octanol–water partition coefficient (Wildman–Crippen LogP) is 2.85. The van der Waals surface area contributed by atoms with Gasteiger partial charge < -0.3 is 0 Å². The zero-order valence-electron chi connectivity index (χ0n) is 4.84. The van der Waals surface area contributed by atoms with Crippen LogP contribution in [0, 0.1) is 6.07 Å². The van der Waals surface area contributed by atoms with E-state index >= 15 is 0 Å². The molecule has 1 radical (unpaired) electrons. The molecule has 0 amide bonds. The summed E-state index contributed by atoms with van der Waals surface area (Å²) >= 11 is 3.20. The summed E-state index contributed by atoms with van der Waals surface area (Å²) in [6.45, 7) is 0. The van der Waals surface area contributed by atoms with Gasteiger partial charge in [-0.05, 0) is 22.7 Å². The van der Waals surface area contributed by atoms with Crippen molar-refractivity contribution in [3.05, 3.63) is 40.9 Å². The molecule has 0 nitrogen and oxygen atoms in total. The second kappa shape index (κ2) is 3.46. The highest BCUT2D eigenvalue weighted by atomic mass is 79.9. The highest BCUT2D eigenvalue weighted by Crippen LogP contribution is 2.01. The highest BCUT2D eigenvalue weighted by molar-refractivity contribution is 9.11. The van der Waals surface area contributed by atoms with Crippen molar-refractivity contribution < 1.29 is 0 Å². The van der Waals surface area contributed by atoms with Crippen molar-refractivity contribution in [2.45, 2.75) is 0 Å². The average Bonchev–Trinajstić information content (AvgIpc) is 1.91. The standard InChI is InChI=1S/C8H6Br/c9-7-6-8-4-2-1-3-5-8/h2-7H/b7-6+. The maximum absolute atomic E-state index is 3.20. The third-order valence-corrected chi connectivity index (χ3v) is 1.26. The van der Waals surface area contributed by atoms with Crippen molar-refractivity contribution in [1.82, 2.24) is 0 Å². The molecule has 1 heteroatoms. The first-order chi connectivity index (χ1) is 4.43. The van der Waals surface area contributed by atoms with Gasteiger partial charge in [0.25, 0.3) is 0 Å². The highest BCUT2D eigenvalue weighted by Gasteiger charge is 1.78. The molecule has 0 atom stereocenters. The van der Waals surface area contributed by atoms with E-state index in [-0.39, 0.29) is 0 Å². The van der Waals surface area contributed by atoms with E-state index in [0.717, 1.165) is 0 Å².